The number of aliphatic hydroxyl groups is 1. The van der Waals surface area contributed by atoms with Gasteiger partial charge in [-0.1, -0.05) is 13.0 Å². The van der Waals surface area contributed by atoms with E-state index in [0.717, 1.165) is 0 Å². The average Bonchev–Trinajstić information content (AvgIpc) is 2.90. The van der Waals surface area contributed by atoms with Crippen LogP contribution in [0, 0.1) is 5.92 Å². The predicted octanol–water partition coefficient (Wildman–Crippen LogP) is 2.52. The van der Waals surface area contributed by atoms with Gasteiger partial charge >= 0.3 is 6.61 Å². The van der Waals surface area contributed by atoms with Crippen LogP contribution < -0.4 is 10.1 Å². The number of nitrogens with one attached hydrogen (secondary N) is 2. The predicted molar refractivity (Wildman–Crippen MR) is 78.1 cm³/mol. The van der Waals surface area contributed by atoms with Crippen LogP contribution in [0.25, 0.3) is 10.9 Å². The molecular weight excluding hydrogens is 294 g/mol. The maximum absolute atomic E-state index is 12.4. The number of carbonyl (C=O) groups is 1. The molecule has 2 rings (SSSR count). The summed E-state index contributed by atoms with van der Waals surface area (Å²) < 4.78 is 29.2. The summed E-state index contributed by atoms with van der Waals surface area (Å²) in [5.74, 6) is -0.156. The number of carbonyl (C=O) groups excluding carboxylic acids is 1. The van der Waals surface area contributed by atoms with Gasteiger partial charge in [-0.2, -0.15) is 8.78 Å². The standard InChI is InChI=1S/C15H18F2N2O3/c1-9(5-6-20)8-18-14(21)12-7-10-11(19-12)3-2-4-13(10)22-15(16)17/h2-4,7,9,15,19-20H,5-6,8H2,1H3,(H,18,21). The third-order valence-electron chi connectivity index (χ3n) is 3.32. The highest BCUT2D eigenvalue weighted by Gasteiger charge is 2.14. The number of hydrogen-bond donors (Lipinski definition) is 3. The van der Waals surface area contributed by atoms with Gasteiger partial charge in [-0.05, 0) is 30.5 Å². The lowest BCUT2D eigenvalue weighted by molar-refractivity contribution is -0.0487. The summed E-state index contributed by atoms with van der Waals surface area (Å²) >= 11 is 0. The highest BCUT2D eigenvalue weighted by Crippen LogP contribution is 2.27. The summed E-state index contributed by atoms with van der Waals surface area (Å²) in [6, 6.07) is 6.16. The smallest absolute Gasteiger partial charge is 0.387 e. The Bertz CT molecular complexity index is 643. The molecule has 0 saturated heterocycles. The van der Waals surface area contributed by atoms with Crippen molar-refractivity contribution < 1.29 is 23.4 Å². The lowest BCUT2D eigenvalue weighted by Crippen LogP contribution is -2.28. The van der Waals surface area contributed by atoms with Gasteiger partial charge in [-0.15, -0.1) is 0 Å². The van der Waals surface area contributed by atoms with Crippen LogP contribution in [0.4, 0.5) is 8.78 Å². The van der Waals surface area contributed by atoms with E-state index in [-0.39, 0.29) is 29.9 Å². The van der Waals surface area contributed by atoms with Gasteiger partial charge in [0.25, 0.3) is 5.91 Å². The minimum Gasteiger partial charge on any atom is -0.434 e. The molecule has 1 amide bonds. The highest BCUT2D eigenvalue weighted by atomic mass is 19.3. The number of aliphatic hydroxyl groups excluding tert-OH is 1. The van der Waals surface area contributed by atoms with Crippen molar-refractivity contribution in [2.24, 2.45) is 5.92 Å². The zero-order valence-electron chi connectivity index (χ0n) is 12.1. The number of alkyl halides is 2. The van der Waals surface area contributed by atoms with E-state index in [1.165, 1.54) is 12.1 Å². The first-order valence-corrected chi connectivity index (χ1v) is 6.97. The summed E-state index contributed by atoms with van der Waals surface area (Å²) in [6.07, 6.45) is 0.597. The second-order valence-corrected chi connectivity index (χ2v) is 5.11. The number of rotatable bonds is 7. The van der Waals surface area contributed by atoms with Crippen molar-refractivity contribution in [3.8, 4) is 5.75 Å². The molecule has 0 radical (unpaired) electrons. The summed E-state index contributed by atoms with van der Waals surface area (Å²) in [4.78, 5) is 14.9. The molecule has 5 nitrogen and oxygen atoms in total. The number of amides is 1. The first-order chi connectivity index (χ1) is 10.5. The second-order valence-electron chi connectivity index (χ2n) is 5.11. The summed E-state index contributed by atoms with van der Waals surface area (Å²) in [5, 5.41) is 12.0. The molecular formula is C15H18F2N2O3. The molecule has 3 N–H and O–H groups in total. The first kappa shape index (κ1) is 16.2. The molecule has 7 heteroatoms. The van der Waals surface area contributed by atoms with Gasteiger partial charge in [0.2, 0.25) is 0 Å². The van der Waals surface area contributed by atoms with Crippen molar-refractivity contribution in [3.05, 3.63) is 30.0 Å². The Morgan fingerprint density at radius 1 is 1.45 bits per heavy atom. The summed E-state index contributed by atoms with van der Waals surface area (Å²) in [7, 11) is 0. The zero-order chi connectivity index (χ0) is 16.1. The van der Waals surface area contributed by atoms with E-state index in [1.54, 1.807) is 12.1 Å². The number of aromatic amines is 1. The number of aromatic nitrogens is 1. The van der Waals surface area contributed by atoms with E-state index in [9.17, 15) is 13.6 Å². The fourth-order valence-corrected chi connectivity index (χ4v) is 2.13. The molecule has 0 bridgehead atoms. The minimum absolute atomic E-state index is 0.0245. The highest BCUT2D eigenvalue weighted by molar-refractivity contribution is 5.99. The topological polar surface area (TPSA) is 74.3 Å². The Labute approximate surface area is 126 Å². The third kappa shape index (κ3) is 3.94. The van der Waals surface area contributed by atoms with Crippen LogP contribution in [0.5, 0.6) is 5.75 Å². The van der Waals surface area contributed by atoms with Gasteiger partial charge < -0.3 is 20.1 Å². The largest absolute Gasteiger partial charge is 0.434 e. The van der Waals surface area contributed by atoms with Gasteiger partial charge in [-0.3, -0.25) is 4.79 Å². The Morgan fingerprint density at radius 3 is 2.91 bits per heavy atom. The van der Waals surface area contributed by atoms with Crippen LogP contribution in [0.3, 0.4) is 0 Å². The molecule has 22 heavy (non-hydrogen) atoms. The quantitative estimate of drug-likeness (QED) is 0.735. The monoisotopic (exact) mass is 312 g/mol. The molecule has 0 aliphatic rings. The number of H-pyrrole nitrogens is 1. The Hall–Kier alpha value is -2.15. The van der Waals surface area contributed by atoms with Crippen LogP contribution in [0.2, 0.25) is 0 Å². The summed E-state index contributed by atoms with van der Waals surface area (Å²) in [6.45, 7) is -0.513. The molecule has 1 atom stereocenters. The van der Waals surface area contributed by atoms with Crippen LogP contribution in [0.1, 0.15) is 23.8 Å². The summed E-state index contributed by atoms with van der Waals surface area (Å²) in [5.41, 5.74) is 0.822. The Balaban J connectivity index is 2.13. The number of ether oxygens (including phenoxy) is 1. The van der Waals surface area contributed by atoms with Crippen LogP contribution in [-0.2, 0) is 0 Å². The molecule has 0 spiro atoms. The van der Waals surface area contributed by atoms with Crippen LogP contribution in [0.15, 0.2) is 24.3 Å². The SMILES string of the molecule is CC(CCO)CNC(=O)c1cc2c(OC(F)F)cccc2[nH]1. The maximum atomic E-state index is 12.4. The van der Waals surface area contributed by atoms with Crippen molar-refractivity contribution in [3.63, 3.8) is 0 Å². The van der Waals surface area contributed by atoms with Gasteiger partial charge in [0.15, 0.2) is 0 Å². The van der Waals surface area contributed by atoms with Crippen LogP contribution >= 0.6 is 0 Å². The van der Waals surface area contributed by atoms with Crippen molar-refractivity contribution >= 4 is 16.8 Å². The molecule has 120 valence electrons. The van der Waals surface area contributed by atoms with Gasteiger partial charge in [0.05, 0.1) is 0 Å². The molecule has 1 aromatic heterocycles. The number of halogens is 2. The molecule has 0 fully saturated rings. The van der Waals surface area contributed by atoms with Crippen molar-refractivity contribution in [1.29, 1.82) is 0 Å². The van der Waals surface area contributed by atoms with Gasteiger partial charge in [-0.25, -0.2) is 0 Å². The Morgan fingerprint density at radius 2 is 2.23 bits per heavy atom. The fraction of sp³-hybridized carbons (Fsp3) is 0.400. The molecule has 0 aliphatic carbocycles. The molecule has 0 aliphatic heterocycles. The van der Waals surface area contributed by atoms with E-state index in [2.05, 4.69) is 15.0 Å². The van der Waals surface area contributed by atoms with E-state index in [1.807, 2.05) is 6.92 Å². The lowest BCUT2D eigenvalue weighted by atomic mass is 10.1. The third-order valence-corrected chi connectivity index (χ3v) is 3.32. The fourth-order valence-electron chi connectivity index (χ4n) is 2.13. The normalized spacial score (nSPS) is 12.6. The minimum atomic E-state index is -2.92. The van der Waals surface area contributed by atoms with Gasteiger partial charge in [0.1, 0.15) is 11.4 Å². The van der Waals surface area contributed by atoms with E-state index in [0.29, 0.717) is 23.9 Å². The Kier molecular flexibility index (Phi) is 5.32. The van der Waals surface area contributed by atoms with Gasteiger partial charge in [0, 0.05) is 24.1 Å². The second kappa shape index (κ2) is 7.22. The van der Waals surface area contributed by atoms with Crippen molar-refractivity contribution in [2.45, 2.75) is 20.0 Å². The van der Waals surface area contributed by atoms with E-state index in [4.69, 9.17) is 5.11 Å². The maximum Gasteiger partial charge on any atom is 0.387 e. The molecule has 1 heterocycles. The number of hydrogen-bond acceptors (Lipinski definition) is 3. The van der Waals surface area contributed by atoms with E-state index >= 15 is 0 Å². The molecule has 2 aromatic rings. The van der Waals surface area contributed by atoms with E-state index < -0.39 is 6.61 Å². The molecule has 1 unspecified atom stereocenters. The molecule has 0 saturated carbocycles. The lowest BCUT2D eigenvalue weighted by Gasteiger charge is -2.10. The van der Waals surface area contributed by atoms with Crippen molar-refractivity contribution in [1.82, 2.24) is 10.3 Å². The zero-order valence-corrected chi connectivity index (χ0v) is 12.1. The molecule has 1 aromatic carbocycles. The number of benzene rings is 1. The average molecular weight is 312 g/mol. The number of fused-ring (bicyclic) bond motifs is 1. The van der Waals surface area contributed by atoms with Crippen LogP contribution in [-0.4, -0.2) is 35.8 Å². The van der Waals surface area contributed by atoms with Crippen molar-refractivity contribution in [2.75, 3.05) is 13.2 Å². The first-order valence-electron chi connectivity index (χ1n) is 6.97.